The molecule has 21 heavy (non-hydrogen) atoms. The molecule has 1 amide bonds. The summed E-state index contributed by atoms with van der Waals surface area (Å²) in [7, 11) is -2.56. The molecular weight excluding hydrogens is 298 g/mol. The molecule has 2 unspecified atom stereocenters. The quantitative estimate of drug-likeness (QED) is 0.735. The normalized spacial score (nSPS) is 14.2. The second-order valence-corrected chi connectivity index (χ2v) is 7.06. The van der Waals surface area contributed by atoms with E-state index in [-0.39, 0.29) is 6.54 Å². The second kappa shape index (κ2) is 7.26. The minimum absolute atomic E-state index is 0.109. The fourth-order valence-corrected chi connectivity index (χ4v) is 3.19. The van der Waals surface area contributed by atoms with E-state index in [0.29, 0.717) is 5.76 Å². The Bertz CT molecular complexity index is 578. The first-order chi connectivity index (χ1) is 9.77. The molecule has 0 fully saturated rings. The van der Waals surface area contributed by atoms with E-state index < -0.39 is 38.6 Å². The summed E-state index contributed by atoms with van der Waals surface area (Å²) in [4.78, 5) is 23.1. The second-order valence-electron chi connectivity index (χ2n) is 4.69. The highest BCUT2D eigenvalue weighted by molar-refractivity contribution is 7.92. The Hall–Kier alpha value is -1.83. The van der Waals surface area contributed by atoms with Crippen LogP contribution in [0.2, 0.25) is 0 Å². The first-order valence-corrected chi connectivity index (χ1v) is 8.09. The maximum absolute atomic E-state index is 12.1. The third-order valence-corrected chi connectivity index (χ3v) is 5.27. The van der Waals surface area contributed by atoms with Crippen LogP contribution in [0.4, 0.5) is 0 Å². The average Bonchev–Trinajstić information content (AvgIpc) is 2.95. The van der Waals surface area contributed by atoms with Crippen molar-refractivity contribution < 1.29 is 27.2 Å². The van der Waals surface area contributed by atoms with Crippen LogP contribution in [0, 0.1) is 5.92 Å². The highest BCUT2D eigenvalue weighted by Gasteiger charge is 2.31. The number of carbonyl (C=O) groups excluding carboxylic acids is 2. The predicted molar refractivity (Wildman–Crippen MR) is 75.0 cm³/mol. The van der Waals surface area contributed by atoms with Crippen LogP contribution in [0.5, 0.6) is 0 Å². The average molecular weight is 317 g/mol. The van der Waals surface area contributed by atoms with Gasteiger partial charge in [-0.1, -0.05) is 6.92 Å². The van der Waals surface area contributed by atoms with Crippen LogP contribution in [-0.2, 0) is 30.7 Å². The van der Waals surface area contributed by atoms with Crippen molar-refractivity contribution in [3.8, 4) is 0 Å². The lowest BCUT2D eigenvalue weighted by Gasteiger charge is -2.15. The zero-order valence-corrected chi connectivity index (χ0v) is 13.0. The Morgan fingerprint density at radius 3 is 2.57 bits per heavy atom. The van der Waals surface area contributed by atoms with Gasteiger partial charge in [-0.05, 0) is 19.1 Å². The van der Waals surface area contributed by atoms with Crippen molar-refractivity contribution in [2.75, 3.05) is 12.9 Å². The molecule has 0 aliphatic rings. The summed E-state index contributed by atoms with van der Waals surface area (Å²) in [5.41, 5.74) is 0. The Balaban J connectivity index is 2.60. The van der Waals surface area contributed by atoms with Gasteiger partial charge in [0.15, 0.2) is 9.84 Å². The topological polar surface area (TPSA) is 103 Å². The Labute approximate surface area is 123 Å². The van der Waals surface area contributed by atoms with E-state index >= 15 is 0 Å². The van der Waals surface area contributed by atoms with E-state index in [1.807, 2.05) is 0 Å². The van der Waals surface area contributed by atoms with E-state index in [1.165, 1.54) is 27.2 Å². The molecule has 1 aromatic heterocycles. The number of furan rings is 1. The largest absolute Gasteiger partial charge is 0.469 e. The Morgan fingerprint density at radius 2 is 2.05 bits per heavy atom. The van der Waals surface area contributed by atoms with Crippen molar-refractivity contribution in [2.45, 2.75) is 25.6 Å². The molecule has 0 aliphatic carbocycles. The van der Waals surface area contributed by atoms with E-state index in [0.717, 1.165) is 0 Å². The number of hydrogen-bond donors (Lipinski definition) is 1. The lowest BCUT2D eigenvalue weighted by atomic mass is 10.2. The summed E-state index contributed by atoms with van der Waals surface area (Å²) in [6, 6.07) is 3.33. The maximum Gasteiger partial charge on any atom is 0.309 e. The van der Waals surface area contributed by atoms with E-state index in [9.17, 15) is 18.0 Å². The summed E-state index contributed by atoms with van der Waals surface area (Å²) in [6.07, 6.45) is 1.46. The van der Waals surface area contributed by atoms with Gasteiger partial charge in [0.25, 0.3) is 0 Å². The summed E-state index contributed by atoms with van der Waals surface area (Å²) >= 11 is 0. The molecule has 0 aromatic carbocycles. The molecule has 118 valence electrons. The van der Waals surface area contributed by atoms with Gasteiger partial charge in [0, 0.05) is 0 Å². The highest BCUT2D eigenvalue weighted by Crippen LogP contribution is 2.10. The van der Waals surface area contributed by atoms with Crippen LogP contribution in [0.15, 0.2) is 22.8 Å². The molecule has 1 rings (SSSR count). The van der Waals surface area contributed by atoms with Gasteiger partial charge in [-0.25, -0.2) is 8.42 Å². The Kier molecular flexibility index (Phi) is 5.95. The van der Waals surface area contributed by atoms with Crippen LogP contribution in [0.25, 0.3) is 0 Å². The van der Waals surface area contributed by atoms with Crippen molar-refractivity contribution in [1.29, 1.82) is 0 Å². The number of amides is 1. The molecule has 0 aliphatic heterocycles. The zero-order valence-electron chi connectivity index (χ0n) is 12.2. The highest BCUT2D eigenvalue weighted by atomic mass is 32.2. The van der Waals surface area contributed by atoms with E-state index in [1.54, 1.807) is 12.1 Å². The van der Waals surface area contributed by atoms with Gasteiger partial charge in [-0.15, -0.1) is 0 Å². The number of ether oxygens (including phenoxy) is 1. The minimum atomic E-state index is -3.75. The molecule has 0 spiro atoms. The summed E-state index contributed by atoms with van der Waals surface area (Å²) in [6.45, 7) is 2.84. The van der Waals surface area contributed by atoms with Gasteiger partial charge in [0.2, 0.25) is 5.91 Å². The number of nitrogens with one attached hydrogen (secondary N) is 1. The monoisotopic (exact) mass is 317 g/mol. The van der Waals surface area contributed by atoms with E-state index in [4.69, 9.17) is 4.42 Å². The van der Waals surface area contributed by atoms with Crippen molar-refractivity contribution in [1.82, 2.24) is 5.32 Å². The molecule has 1 heterocycles. The summed E-state index contributed by atoms with van der Waals surface area (Å²) in [5, 5.41) is 1.23. The zero-order chi connectivity index (χ0) is 16.0. The molecule has 7 nitrogen and oxygen atoms in total. The first kappa shape index (κ1) is 17.2. The van der Waals surface area contributed by atoms with Crippen molar-refractivity contribution >= 4 is 21.7 Å². The molecule has 1 aromatic rings. The smallest absolute Gasteiger partial charge is 0.309 e. The van der Waals surface area contributed by atoms with Crippen molar-refractivity contribution in [3.05, 3.63) is 24.2 Å². The number of methoxy groups -OCH3 is 1. The first-order valence-electron chi connectivity index (χ1n) is 6.37. The maximum atomic E-state index is 12.1. The third kappa shape index (κ3) is 4.89. The van der Waals surface area contributed by atoms with Gasteiger partial charge in [0.1, 0.15) is 11.0 Å². The van der Waals surface area contributed by atoms with Crippen molar-refractivity contribution in [3.63, 3.8) is 0 Å². The van der Waals surface area contributed by atoms with Gasteiger partial charge in [0.05, 0.1) is 31.6 Å². The molecule has 0 bridgehead atoms. The van der Waals surface area contributed by atoms with E-state index in [2.05, 4.69) is 10.1 Å². The van der Waals surface area contributed by atoms with Gasteiger partial charge in [-0.3, -0.25) is 9.59 Å². The predicted octanol–water partition coefficient (Wildman–Crippen LogP) is 0.508. The molecule has 0 radical (unpaired) electrons. The van der Waals surface area contributed by atoms with Crippen LogP contribution in [0.1, 0.15) is 19.6 Å². The number of carbonyl (C=O) groups is 2. The summed E-state index contributed by atoms with van der Waals surface area (Å²) < 4.78 is 33.7. The third-order valence-electron chi connectivity index (χ3n) is 3.01. The summed E-state index contributed by atoms with van der Waals surface area (Å²) in [5.74, 6) is -1.99. The molecule has 1 N–H and O–H groups in total. The van der Waals surface area contributed by atoms with Gasteiger partial charge < -0.3 is 14.5 Å². The van der Waals surface area contributed by atoms with Crippen molar-refractivity contribution in [2.24, 2.45) is 5.92 Å². The number of rotatable bonds is 7. The number of hydrogen-bond acceptors (Lipinski definition) is 6. The Morgan fingerprint density at radius 1 is 1.38 bits per heavy atom. The van der Waals surface area contributed by atoms with Gasteiger partial charge in [-0.2, -0.15) is 0 Å². The van der Waals surface area contributed by atoms with Crippen LogP contribution in [-0.4, -0.2) is 38.4 Å². The lowest BCUT2D eigenvalue weighted by molar-refractivity contribution is -0.144. The molecule has 0 saturated carbocycles. The molecule has 2 atom stereocenters. The van der Waals surface area contributed by atoms with Crippen LogP contribution >= 0.6 is 0 Å². The minimum Gasteiger partial charge on any atom is -0.469 e. The SMILES string of the molecule is COC(=O)C(C)CS(=O)(=O)C(C)C(=O)NCc1ccco1. The number of sulfone groups is 1. The fourth-order valence-electron chi connectivity index (χ4n) is 1.66. The molecular formula is C13H19NO6S. The van der Waals surface area contributed by atoms with Crippen LogP contribution < -0.4 is 5.32 Å². The standard InChI is InChI=1S/C13H19NO6S/c1-9(13(16)19-3)8-21(17,18)10(2)12(15)14-7-11-5-4-6-20-11/h4-6,9-10H,7-8H2,1-3H3,(H,14,15). The van der Waals surface area contributed by atoms with Crippen LogP contribution in [0.3, 0.4) is 0 Å². The lowest BCUT2D eigenvalue weighted by Crippen LogP contribution is -2.40. The molecule has 8 heteroatoms. The van der Waals surface area contributed by atoms with Gasteiger partial charge >= 0.3 is 5.97 Å². The molecule has 0 saturated heterocycles. The number of esters is 1. The fraction of sp³-hybridized carbons (Fsp3) is 0.538.